The molecule has 0 saturated heterocycles. The van der Waals surface area contributed by atoms with E-state index >= 15 is 0 Å². The van der Waals surface area contributed by atoms with E-state index in [-0.39, 0.29) is 5.69 Å². The van der Waals surface area contributed by atoms with Crippen LogP contribution in [0.1, 0.15) is 5.56 Å². The second-order valence-corrected chi connectivity index (χ2v) is 5.02. The van der Waals surface area contributed by atoms with Crippen LogP contribution in [0.4, 0.5) is 13.2 Å². The zero-order valence-corrected chi connectivity index (χ0v) is 11.4. The molecule has 2 aromatic carbocycles. The van der Waals surface area contributed by atoms with E-state index in [1.165, 1.54) is 6.07 Å². The van der Waals surface area contributed by atoms with Crippen molar-refractivity contribution < 1.29 is 13.2 Å². The number of alkyl halides is 3. The van der Waals surface area contributed by atoms with Crippen LogP contribution in [0, 0.1) is 0 Å². The van der Waals surface area contributed by atoms with Gasteiger partial charge in [0.15, 0.2) is 0 Å². The fourth-order valence-electron chi connectivity index (χ4n) is 2.17. The predicted octanol–water partition coefficient (Wildman–Crippen LogP) is 5.57. The molecule has 1 nitrogen and oxygen atoms in total. The van der Waals surface area contributed by atoms with Crippen molar-refractivity contribution in [2.45, 2.75) is 6.18 Å². The van der Waals surface area contributed by atoms with Gasteiger partial charge in [-0.05, 0) is 18.2 Å². The Morgan fingerprint density at radius 2 is 1.62 bits per heavy atom. The van der Waals surface area contributed by atoms with E-state index in [0.717, 1.165) is 6.07 Å². The van der Waals surface area contributed by atoms with Gasteiger partial charge in [-0.15, -0.1) is 0 Å². The first-order valence-corrected chi connectivity index (χ1v) is 6.56. The summed E-state index contributed by atoms with van der Waals surface area (Å²) in [5, 5.41) is 0.847. The number of rotatable bonds is 1. The van der Waals surface area contributed by atoms with Crippen molar-refractivity contribution in [1.82, 2.24) is 4.98 Å². The molecule has 0 aliphatic heterocycles. The Labute approximate surface area is 124 Å². The fourth-order valence-corrected chi connectivity index (χ4v) is 2.34. The van der Waals surface area contributed by atoms with Gasteiger partial charge in [0.1, 0.15) is 0 Å². The van der Waals surface area contributed by atoms with E-state index in [1.54, 1.807) is 42.5 Å². The van der Waals surface area contributed by atoms with Crippen LogP contribution in [0.15, 0.2) is 54.6 Å². The summed E-state index contributed by atoms with van der Waals surface area (Å²) in [7, 11) is 0. The molecule has 0 N–H and O–H groups in total. The second kappa shape index (κ2) is 5.04. The monoisotopic (exact) mass is 307 g/mol. The van der Waals surface area contributed by atoms with Crippen LogP contribution < -0.4 is 0 Å². The van der Waals surface area contributed by atoms with Crippen molar-refractivity contribution in [3.63, 3.8) is 0 Å². The minimum absolute atomic E-state index is 0.0853. The number of halogens is 4. The van der Waals surface area contributed by atoms with Crippen LogP contribution in [0.2, 0.25) is 5.02 Å². The van der Waals surface area contributed by atoms with Gasteiger partial charge in [0.2, 0.25) is 0 Å². The summed E-state index contributed by atoms with van der Waals surface area (Å²) in [6.45, 7) is 0. The first kappa shape index (κ1) is 13.9. The van der Waals surface area contributed by atoms with Gasteiger partial charge in [-0.1, -0.05) is 48.0 Å². The van der Waals surface area contributed by atoms with Crippen molar-refractivity contribution in [2.24, 2.45) is 0 Å². The van der Waals surface area contributed by atoms with Crippen LogP contribution in [0.25, 0.3) is 22.2 Å². The third-order valence-electron chi connectivity index (χ3n) is 3.13. The summed E-state index contributed by atoms with van der Waals surface area (Å²) in [6.07, 6.45) is -4.47. The molecule has 21 heavy (non-hydrogen) atoms. The maximum absolute atomic E-state index is 13.3. The van der Waals surface area contributed by atoms with E-state index in [9.17, 15) is 13.2 Å². The molecule has 1 aromatic heterocycles. The highest BCUT2D eigenvalue weighted by Gasteiger charge is 2.35. The third-order valence-corrected chi connectivity index (χ3v) is 3.37. The van der Waals surface area contributed by atoms with Crippen molar-refractivity contribution in [2.75, 3.05) is 0 Å². The number of pyridine rings is 1. The molecule has 0 saturated carbocycles. The molecule has 3 aromatic rings. The van der Waals surface area contributed by atoms with Gasteiger partial charge in [0.05, 0.1) is 16.8 Å². The van der Waals surface area contributed by atoms with Crippen LogP contribution in [-0.4, -0.2) is 4.98 Å². The normalized spacial score (nSPS) is 11.8. The largest absolute Gasteiger partial charge is 0.418 e. The smallest absolute Gasteiger partial charge is 0.247 e. The highest BCUT2D eigenvalue weighted by atomic mass is 35.5. The summed E-state index contributed by atoms with van der Waals surface area (Å²) in [4.78, 5) is 4.17. The molecule has 0 bridgehead atoms. The highest BCUT2D eigenvalue weighted by molar-refractivity contribution is 6.31. The SMILES string of the molecule is FC(F)(F)c1cc2ccc(Cl)cc2nc1-c1ccccc1. The van der Waals surface area contributed by atoms with Crippen LogP contribution in [-0.2, 0) is 6.18 Å². The molecule has 0 amide bonds. The number of hydrogen-bond acceptors (Lipinski definition) is 1. The fraction of sp³-hybridized carbons (Fsp3) is 0.0625. The number of nitrogens with zero attached hydrogens (tertiary/aromatic N) is 1. The molecule has 0 aliphatic rings. The zero-order chi connectivity index (χ0) is 15.0. The Morgan fingerprint density at radius 3 is 2.29 bits per heavy atom. The van der Waals surface area contributed by atoms with Gasteiger partial charge in [-0.3, -0.25) is 0 Å². The highest BCUT2D eigenvalue weighted by Crippen LogP contribution is 2.38. The Balaban J connectivity index is 2.34. The third kappa shape index (κ3) is 2.72. The molecule has 5 heteroatoms. The molecule has 0 fully saturated rings. The van der Waals surface area contributed by atoms with E-state index in [0.29, 0.717) is 21.5 Å². The molecule has 0 radical (unpaired) electrons. The number of benzene rings is 2. The van der Waals surface area contributed by atoms with Gasteiger partial charge in [-0.2, -0.15) is 13.2 Å². The maximum atomic E-state index is 13.3. The quantitative estimate of drug-likeness (QED) is 0.572. The van der Waals surface area contributed by atoms with Gasteiger partial charge in [-0.25, -0.2) is 4.98 Å². The van der Waals surface area contributed by atoms with E-state index < -0.39 is 11.7 Å². The van der Waals surface area contributed by atoms with Crippen molar-refractivity contribution in [1.29, 1.82) is 0 Å². The molecule has 1 heterocycles. The average molecular weight is 308 g/mol. The van der Waals surface area contributed by atoms with Gasteiger partial charge >= 0.3 is 6.18 Å². The van der Waals surface area contributed by atoms with Crippen LogP contribution >= 0.6 is 11.6 Å². The molecule has 0 aliphatic carbocycles. The maximum Gasteiger partial charge on any atom is 0.418 e. The summed E-state index contributed by atoms with van der Waals surface area (Å²) in [6, 6.07) is 14.1. The van der Waals surface area contributed by atoms with Crippen molar-refractivity contribution in [3.05, 3.63) is 65.2 Å². The number of hydrogen-bond donors (Lipinski definition) is 0. The van der Waals surface area contributed by atoms with E-state index in [4.69, 9.17) is 11.6 Å². The molecule has 0 spiro atoms. The minimum atomic E-state index is -4.47. The lowest BCUT2D eigenvalue weighted by molar-refractivity contribution is -0.137. The molecule has 0 unspecified atom stereocenters. The van der Waals surface area contributed by atoms with Crippen molar-refractivity contribution in [3.8, 4) is 11.3 Å². The van der Waals surface area contributed by atoms with Crippen molar-refractivity contribution >= 4 is 22.5 Å². The second-order valence-electron chi connectivity index (χ2n) is 4.59. The Kier molecular flexibility index (Phi) is 3.33. The minimum Gasteiger partial charge on any atom is -0.247 e. The summed E-state index contributed by atoms with van der Waals surface area (Å²) in [5.74, 6) is 0. The molecule has 0 atom stereocenters. The summed E-state index contributed by atoms with van der Waals surface area (Å²) in [5.41, 5.74) is 0.0300. The predicted molar refractivity (Wildman–Crippen MR) is 77.2 cm³/mol. The Bertz CT molecular complexity index is 798. The summed E-state index contributed by atoms with van der Waals surface area (Å²) >= 11 is 5.88. The topological polar surface area (TPSA) is 12.9 Å². The Morgan fingerprint density at radius 1 is 0.905 bits per heavy atom. The number of fused-ring (bicyclic) bond motifs is 1. The Hall–Kier alpha value is -2.07. The lowest BCUT2D eigenvalue weighted by Gasteiger charge is -2.13. The first-order valence-electron chi connectivity index (χ1n) is 6.18. The van der Waals surface area contributed by atoms with Gasteiger partial charge in [0.25, 0.3) is 0 Å². The number of aromatic nitrogens is 1. The van der Waals surface area contributed by atoms with Crippen LogP contribution in [0.3, 0.4) is 0 Å². The summed E-state index contributed by atoms with van der Waals surface area (Å²) < 4.78 is 39.8. The zero-order valence-electron chi connectivity index (χ0n) is 10.7. The van der Waals surface area contributed by atoms with Crippen LogP contribution in [0.5, 0.6) is 0 Å². The first-order chi connectivity index (χ1) is 9.95. The van der Waals surface area contributed by atoms with Gasteiger partial charge in [0, 0.05) is 16.0 Å². The van der Waals surface area contributed by atoms with E-state index in [2.05, 4.69) is 4.98 Å². The lowest BCUT2D eigenvalue weighted by Crippen LogP contribution is -2.08. The molecular weight excluding hydrogens is 299 g/mol. The molecular formula is C16H9ClF3N. The van der Waals surface area contributed by atoms with E-state index in [1.807, 2.05) is 0 Å². The standard InChI is InChI=1S/C16H9ClF3N/c17-12-7-6-11-8-13(16(18,19)20)15(21-14(11)9-12)10-4-2-1-3-5-10/h1-9H. The molecule has 106 valence electrons. The van der Waals surface area contributed by atoms with Gasteiger partial charge < -0.3 is 0 Å². The average Bonchev–Trinajstić information content (AvgIpc) is 2.45. The lowest BCUT2D eigenvalue weighted by atomic mass is 10.0. The molecule has 3 rings (SSSR count).